The highest BCUT2D eigenvalue weighted by Gasteiger charge is 2.06. The average molecular weight is 282 g/mol. The van der Waals surface area contributed by atoms with Crippen LogP contribution in [0.4, 0.5) is 5.69 Å². The summed E-state index contributed by atoms with van der Waals surface area (Å²) in [6.45, 7) is 4.81. The molecule has 1 aromatic carbocycles. The fraction of sp³-hybridized carbons (Fsp3) is 0.455. The maximum Gasteiger partial charge on any atom is 0.0720 e. The molecule has 0 aliphatic carbocycles. The van der Waals surface area contributed by atoms with Crippen LogP contribution in [0.1, 0.15) is 13.3 Å². The summed E-state index contributed by atoms with van der Waals surface area (Å²) in [5, 5.41) is 8.11. The van der Waals surface area contributed by atoms with Gasteiger partial charge in [0.2, 0.25) is 0 Å². The van der Waals surface area contributed by atoms with Gasteiger partial charge in [0.15, 0.2) is 0 Å². The summed E-state index contributed by atoms with van der Waals surface area (Å²) in [6.07, 6.45) is 1.13. The first-order chi connectivity index (χ1) is 7.65. The van der Waals surface area contributed by atoms with Crippen molar-refractivity contribution in [3.8, 4) is 0 Å². The lowest BCUT2D eigenvalue weighted by Gasteiger charge is -2.11. The third-order valence-corrected chi connectivity index (χ3v) is 2.85. The highest BCUT2D eigenvalue weighted by Crippen LogP contribution is 2.33. The molecule has 0 aliphatic heterocycles. The van der Waals surface area contributed by atoms with Crippen molar-refractivity contribution in [1.82, 2.24) is 5.32 Å². The van der Waals surface area contributed by atoms with Crippen LogP contribution in [0.25, 0.3) is 0 Å². The third-order valence-electron chi connectivity index (χ3n) is 2.04. The zero-order valence-electron chi connectivity index (χ0n) is 9.12. The maximum atomic E-state index is 6.02. The van der Waals surface area contributed by atoms with Gasteiger partial charge in [-0.2, -0.15) is 0 Å². The van der Waals surface area contributed by atoms with Gasteiger partial charge in [-0.3, -0.25) is 0 Å². The Kier molecular flexibility index (Phi) is 6.29. The van der Waals surface area contributed by atoms with E-state index in [1.165, 1.54) is 0 Å². The molecule has 2 nitrogen and oxygen atoms in total. The molecule has 1 aromatic rings. The molecular weight excluding hydrogens is 266 g/mol. The first-order valence-corrected chi connectivity index (χ1v) is 6.37. The number of nitrogens with one attached hydrogen (secondary N) is 2. The Balaban J connectivity index is 2.47. The predicted octanol–water partition coefficient (Wildman–Crippen LogP) is 4.06. The van der Waals surface area contributed by atoms with E-state index in [2.05, 4.69) is 17.6 Å². The van der Waals surface area contributed by atoms with Crippen LogP contribution in [0, 0.1) is 0 Å². The molecule has 0 aliphatic rings. The fourth-order valence-electron chi connectivity index (χ4n) is 1.29. The van der Waals surface area contributed by atoms with Crippen molar-refractivity contribution in [3.63, 3.8) is 0 Å². The molecular formula is C11H15Cl3N2. The van der Waals surface area contributed by atoms with Crippen LogP contribution >= 0.6 is 34.8 Å². The Labute approximate surface area is 111 Å². The van der Waals surface area contributed by atoms with Gasteiger partial charge >= 0.3 is 0 Å². The summed E-state index contributed by atoms with van der Waals surface area (Å²) in [4.78, 5) is 0. The minimum Gasteiger partial charge on any atom is -0.381 e. The molecule has 5 heteroatoms. The van der Waals surface area contributed by atoms with Gasteiger partial charge in [-0.25, -0.2) is 0 Å². The van der Waals surface area contributed by atoms with E-state index in [-0.39, 0.29) is 0 Å². The van der Waals surface area contributed by atoms with E-state index in [9.17, 15) is 0 Å². The molecule has 0 saturated heterocycles. The van der Waals surface area contributed by atoms with Crippen LogP contribution in [-0.4, -0.2) is 19.6 Å². The number of hydrogen-bond acceptors (Lipinski definition) is 2. The minimum absolute atomic E-state index is 0.546. The lowest BCUT2D eigenvalue weighted by Crippen LogP contribution is -2.22. The monoisotopic (exact) mass is 280 g/mol. The molecule has 0 amide bonds. The zero-order valence-corrected chi connectivity index (χ0v) is 11.4. The average Bonchev–Trinajstić information content (AvgIpc) is 2.20. The van der Waals surface area contributed by atoms with Gasteiger partial charge in [-0.1, -0.05) is 41.7 Å². The quantitative estimate of drug-likeness (QED) is 0.769. The molecule has 0 fully saturated rings. The van der Waals surface area contributed by atoms with Gasteiger partial charge in [0.1, 0.15) is 0 Å². The highest BCUT2D eigenvalue weighted by molar-refractivity contribution is 6.41. The molecule has 0 spiro atoms. The van der Waals surface area contributed by atoms with Gasteiger partial charge in [-0.15, -0.1) is 0 Å². The smallest absolute Gasteiger partial charge is 0.0720 e. The van der Waals surface area contributed by atoms with Gasteiger partial charge in [-0.05, 0) is 25.1 Å². The van der Waals surface area contributed by atoms with E-state index < -0.39 is 0 Å². The largest absolute Gasteiger partial charge is 0.381 e. The number of anilines is 1. The van der Waals surface area contributed by atoms with E-state index in [1.54, 1.807) is 12.1 Å². The Morgan fingerprint density at radius 1 is 1.00 bits per heavy atom. The molecule has 0 atom stereocenters. The summed E-state index contributed by atoms with van der Waals surface area (Å²) >= 11 is 17.9. The number of rotatable bonds is 6. The molecule has 0 bridgehead atoms. The van der Waals surface area contributed by atoms with E-state index in [4.69, 9.17) is 34.8 Å². The second-order valence-electron chi connectivity index (χ2n) is 3.42. The van der Waals surface area contributed by atoms with Crippen LogP contribution in [0.3, 0.4) is 0 Å². The van der Waals surface area contributed by atoms with Crippen LogP contribution in [0.15, 0.2) is 12.1 Å². The topological polar surface area (TPSA) is 24.1 Å². The van der Waals surface area contributed by atoms with E-state index in [1.807, 2.05) is 0 Å². The van der Waals surface area contributed by atoms with Crippen LogP contribution < -0.4 is 10.6 Å². The Morgan fingerprint density at radius 3 is 2.19 bits per heavy atom. The van der Waals surface area contributed by atoms with Gasteiger partial charge in [0.25, 0.3) is 0 Å². The summed E-state index contributed by atoms with van der Waals surface area (Å²) < 4.78 is 0. The van der Waals surface area contributed by atoms with Gasteiger partial charge in [0.05, 0.1) is 15.7 Å². The Hall–Kier alpha value is -0.150. The van der Waals surface area contributed by atoms with Crippen LogP contribution in [0.2, 0.25) is 15.1 Å². The summed E-state index contributed by atoms with van der Waals surface area (Å²) in [5.41, 5.74) is 0.742. The van der Waals surface area contributed by atoms with Crippen molar-refractivity contribution in [2.45, 2.75) is 13.3 Å². The molecule has 0 saturated carbocycles. The summed E-state index contributed by atoms with van der Waals surface area (Å²) in [5.74, 6) is 0. The first-order valence-electron chi connectivity index (χ1n) is 5.24. The lowest BCUT2D eigenvalue weighted by atomic mass is 10.3. The number of hydrogen-bond donors (Lipinski definition) is 2. The number of halogens is 3. The van der Waals surface area contributed by atoms with Crippen molar-refractivity contribution in [3.05, 3.63) is 27.2 Å². The maximum absolute atomic E-state index is 6.02. The zero-order chi connectivity index (χ0) is 12.0. The van der Waals surface area contributed by atoms with Crippen molar-refractivity contribution in [2.75, 3.05) is 25.0 Å². The Morgan fingerprint density at radius 2 is 1.62 bits per heavy atom. The first kappa shape index (κ1) is 13.9. The molecule has 0 unspecified atom stereocenters. The molecule has 16 heavy (non-hydrogen) atoms. The van der Waals surface area contributed by atoms with Gasteiger partial charge in [0, 0.05) is 18.1 Å². The van der Waals surface area contributed by atoms with E-state index in [0.29, 0.717) is 15.1 Å². The summed E-state index contributed by atoms with van der Waals surface area (Å²) in [7, 11) is 0. The lowest BCUT2D eigenvalue weighted by molar-refractivity contribution is 0.688. The molecule has 0 radical (unpaired) electrons. The van der Waals surface area contributed by atoms with Crippen LogP contribution in [-0.2, 0) is 0 Å². The second kappa shape index (κ2) is 7.23. The SMILES string of the molecule is CCCNCCNc1c(Cl)cc(Cl)cc1Cl. The van der Waals surface area contributed by atoms with Crippen molar-refractivity contribution < 1.29 is 0 Å². The van der Waals surface area contributed by atoms with Crippen LogP contribution in [0.5, 0.6) is 0 Å². The van der Waals surface area contributed by atoms with Gasteiger partial charge < -0.3 is 10.6 Å². The minimum atomic E-state index is 0.546. The molecule has 0 aromatic heterocycles. The van der Waals surface area contributed by atoms with E-state index in [0.717, 1.165) is 31.7 Å². The Bertz CT molecular complexity index is 319. The normalized spacial score (nSPS) is 10.5. The van der Waals surface area contributed by atoms with Crippen molar-refractivity contribution in [2.24, 2.45) is 0 Å². The standard InChI is InChI=1S/C11H15Cl3N2/c1-2-3-15-4-5-16-11-9(13)6-8(12)7-10(11)14/h6-7,15-16H,2-5H2,1H3. The number of benzene rings is 1. The predicted molar refractivity (Wildman–Crippen MR) is 73.1 cm³/mol. The molecule has 1 rings (SSSR count). The molecule has 0 heterocycles. The third kappa shape index (κ3) is 4.38. The molecule has 90 valence electrons. The summed E-state index contributed by atoms with van der Waals surface area (Å²) in [6, 6.07) is 3.35. The second-order valence-corrected chi connectivity index (χ2v) is 4.67. The van der Waals surface area contributed by atoms with Crippen molar-refractivity contribution in [1.29, 1.82) is 0 Å². The highest BCUT2D eigenvalue weighted by atomic mass is 35.5. The van der Waals surface area contributed by atoms with Crippen molar-refractivity contribution >= 4 is 40.5 Å². The molecule has 2 N–H and O–H groups in total. The fourth-order valence-corrected chi connectivity index (χ4v) is 2.24. The van der Waals surface area contributed by atoms with E-state index >= 15 is 0 Å².